The van der Waals surface area contributed by atoms with Crippen LogP contribution in [0.1, 0.15) is 24.1 Å². The van der Waals surface area contributed by atoms with E-state index < -0.39 is 0 Å². The molecule has 0 fully saturated rings. The van der Waals surface area contributed by atoms with E-state index in [0.29, 0.717) is 12.3 Å². The molecule has 0 saturated carbocycles. The minimum absolute atomic E-state index is 0.306. The van der Waals surface area contributed by atoms with Crippen LogP contribution in [0.3, 0.4) is 0 Å². The molecular formula is C10H16BrN3OS. The van der Waals surface area contributed by atoms with Crippen LogP contribution in [0.5, 0.6) is 0 Å². The Kier molecular flexibility index (Phi) is 6.44. The number of nitrogens with one attached hydrogen (secondary N) is 1. The molecule has 0 aromatic carbocycles. The van der Waals surface area contributed by atoms with Crippen LogP contribution in [-0.4, -0.2) is 17.6 Å². The Labute approximate surface area is 108 Å². The smallest absolute Gasteiger partial charge is 0.139 e. The summed E-state index contributed by atoms with van der Waals surface area (Å²) in [4.78, 5) is 1.32. The van der Waals surface area contributed by atoms with Gasteiger partial charge in [-0.05, 0) is 46.8 Å². The van der Waals surface area contributed by atoms with Gasteiger partial charge in [-0.15, -0.1) is 11.3 Å². The summed E-state index contributed by atoms with van der Waals surface area (Å²) in [7, 11) is 0. The van der Waals surface area contributed by atoms with Gasteiger partial charge in [0.25, 0.3) is 0 Å². The van der Waals surface area contributed by atoms with Crippen LogP contribution in [-0.2, 0) is 6.54 Å². The molecule has 4 nitrogen and oxygen atoms in total. The fourth-order valence-electron chi connectivity index (χ4n) is 1.26. The maximum atomic E-state index is 8.34. The van der Waals surface area contributed by atoms with Crippen molar-refractivity contribution in [1.82, 2.24) is 5.32 Å². The van der Waals surface area contributed by atoms with Gasteiger partial charge >= 0.3 is 0 Å². The number of amidine groups is 1. The van der Waals surface area contributed by atoms with E-state index in [2.05, 4.69) is 37.8 Å². The molecule has 0 atom stereocenters. The molecule has 0 radical (unpaired) electrons. The fourth-order valence-corrected chi connectivity index (χ4v) is 2.72. The maximum Gasteiger partial charge on any atom is 0.139 e. The average molecular weight is 306 g/mol. The van der Waals surface area contributed by atoms with E-state index >= 15 is 0 Å². The van der Waals surface area contributed by atoms with Crippen LogP contribution in [0.25, 0.3) is 0 Å². The zero-order valence-electron chi connectivity index (χ0n) is 8.95. The molecule has 0 saturated heterocycles. The molecule has 90 valence electrons. The minimum Gasteiger partial charge on any atom is -0.409 e. The third-order valence-electron chi connectivity index (χ3n) is 2.14. The fraction of sp³-hybridized carbons (Fsp3) is 0.500. The van der Waals surface area contributed by atoms with Crippen molar-refractivity contribution in [3.63, 3.8) is 0 Å². The van der Waals surface area contributed by atoms with E-state index in [0.717, 1.165) is 25.9 Å². The monoisotopic (exact) mass is 305 g/mol. The molecule has 0 aliphatic heterocycles. The molecule has 1 aromatic heterocycles. The van der Waals surface area contributed by atoms with Crippen molar-refractivity contribution in [3.8, 4) is 0 Å². The van der Waals surface area contributed by atoms with Crippen LogP contribution in [0.15, 0.2) is 21.1 Å². The SMILES string of the molecule is NC(CCCCNCc1sccc1Br)=NO. The number of nitrogens with two attached hydrogens (primary N) is 1. The third-order valence-corrected chi connectivity index (χ3v) is 4.07. The summed E-state index contributed by atoms with van der Waals surface area (Å²) in [6, 6.07) is 2.06. The lowest BCUT2D eigenvalue weighted by Crippen LogP contribution is -2.16. The summed E-state index contributed by atoms with van der Waals surface area (Å²) >= 11 is 5.23. The predicted octanol–water partition coefficient (Wildman–Crippen LogP) is 2.52. The number of hydrogen-bond donors (Lipinski definition) is 3. The Hall–Kier alpha value is -0.590. The quantitative estimate of drug-likeness (QED) is 0.238. The van der Waals surface area contributed by atoms with Gasteiger partial charge in [0.05, 0.1) is 0 Å². The van der Waals surface area contributed by atoms with Gasteiger partial charge in [0.15, 0.2) is 0 Å². The summed E-state index contributed by atoms with van der Waals surface area (Å²) in [6.45, 7) is 1.84. The molecule has 0 aliphatic rings. The van der Waals surface area contributed by atoms with Gasteiger partial charge in [-0.3, -0.25) is 0 Å². The number of nitrogens with zero attached hydrogens (tertiary/aromatic N) is 1. The van der Waals surface area contributed by atoms with E-state index in [1.807, 2.05) is 0 Å². The topological polar surface area (TPSA) is 70.6 Å². The van der Waals surface area contributed by atoms with Crippen LogP contribution in [0, 0.1) is 0 Å². The van der Waals surface area contributed by atoms with Gasteiger partial charge in [-0.25, -0.2) is 0 Å². The Morgan fingerprint density at radius 3 is 3.00 bits per heavy atom. The summed E-state index contributed by atoms with van der Waals surface area (Å²) in [5.74, 6) is 0.306. The zero-order valence-corrected chi connectivity index (χ0v) is 11.4. The molecule has 0 spiro atoms. The van der Waals surface area contributed by atoms with Crippen LogP contribution in [0.2, 0.25) is 0 Å². The maximum absolute atomic E-state index is 8.34. The summed E-state index contributed by atoms with van der Waals surface area (Å²) in [5.41, 5.74) is 5.36. The zero-order chi connectivity index (χ0) is 11.8. The second-order valence-corrected chi connectivity index (χ2v) is 5.27. The predicted molar refractivity (Wildman–Crippen MR) is 71.0 cm³/mol. The van der Waals surface area contributed by atoms with Crippen LogP contribution >= 0.6 is 27.3 Å². The van der Waals surface area contributed by atoms with Crippen molar-refractivity contribution in [2.45, 2.75) is 25.8 Å². The normalized spacial score (nSPS) is 11.9. The number of halogens is 1. The summed E-state index contributed by atoms with van der Waals surface area (Å²) in [5, 5.41) is 16.7. The molecule has 16 heavy (non-hydrogen) atoms. The third kappa shape index (κ3) is 4.96. The number of hydrogen-bond acceptors (Lipinski definition) is 4. The molecule has 0 bridgehead atoms. The first-order chi connectivity index (χ1) is 7.74. The molecule has 0 amide bonds. The van der Waals surface area contributed by atoms with Gasteiger partial charge < -0.3 is 16.3 Å². The van der Waals surface area contributed by atoms with Crippen molar-refractivity contribution in [1.29, 1.82) is 0 Å². The standard InChI is InChI=1S/C10H16BrN3OS/c11-8-4-6-16-9(8)7-13-5-2-1-3-10(12)14-15/h4,6,13,15H,1-3,5,7H2,(H2,12,14). The Balaban J connectivity index is 2.03. The molecule has 0 unspecified atom stereocenters. The summed E-state index contributed by atoms with van der Waals surface area (Å²) < 4.78 is 1.17. The highest BCUT2D eigenvalue weighted by Gasteiger charge is 2.00. The van der Waals surface area contributed by atoms with Crippen molar-refractivity contribution in [3.05, 3.63) is 20.8 Å². The number of rotatable bonds is 7. The highest BCUT2D eigenvalue weighted by Crippen LogP contribution is 2.21. The Morgan fingerprint density at radius 1 is 1.56 bits per heavy atom. The van der Waals surface area contributed by atoms with Gasteiger partial charge in [0.2, 0.25) is 0 Å². The second kappa shape index (κ2) is 7.65. The van der Waals surface area contributed by atoms with E-state index in [1.54, 1.807) is 11.3 Å². The number of thiophene rings is 1. The average Bonchev–Trinajstić information content (AvgIpc) is 2.69. The van der Waals surface area contributed by atoms with Crippen molar-refractivity contribution in [2.75, 3.05) is 6.54 Å². The number of unbranched alkanes of at least 4 members (excludes halogenated alkanes) is 1. The van der Waals surface area contributed by atoms with Gasteiger partial charge in [-0.2, -0.15) is 0 Å². The Morgan fingerprint density at radius 2 is 2.38 bits per heavy atom. The van der Waals surface area contributed by atoms with E-state index in [9.17, 15) is 0 Å². The molecule has 1 heterocycles. The van der Waals surface area contributed by atoms with Crippen LogP contribution in [0.4, 0.5) is 0 Å². The van der Waals surface area contributed by atoms with E-state index in [4.69, 9.17) is 10.9 Å². The lowest BCUT2D eigenvalue weighted by Gasteiger charge is -2.03. The van der Waals surface area contributed by atoms with Gasteiger partial charge in [0.1, 0.15) is 5.84 Å². The second-order valence-electron chi connectivity index (χ2n) is 3.42. The highest BCUT2D eigenvalue weighted by molar-refractivity contribution is 9.10. The summed E-state index contributed by atoms with van der Waals surface area (Å²) in [6.07, 6.45) is 2.62. The van der Waals surface area contributed by atoms with Crippen molar-refractivity contribution < 1.29 is 5.21 Å². The van der Waals surface area contributed by atoms with E-state index in [1.165, 1.54) is 9.35 Å². The lowest BCUT2D eigenvalue weighted by molar-refractivity contribution is 0.316. The van der Waals surface area contributed by atoms with Gasteiger partial charge in [0, 0.05) is 22.3 Å². The molecular weight excluding hydrogens is 290 g/mol. The number of oxime groups is 1. The first kappa shape index (κ1) is 13.5. The minimum atomic E-state index is 0.306. The molecule has 0 aliphatic carbocycles. The van der Waals surface area contributed by atoms with Crippen molar-refractivity contribution >= 4 is 33.1 Å². The first-order valence-electron chi connectivity index (χ1n) is 5.13. The first-order valence-corrected chi connectivity index (χ1v) is 6.80. The molecule has 4 N–H and O–H groups in total. The molecule has 6 heteroatoms. The largest absolute Gasteiger partial charge is 0.409 e. The van der Waals surface area contributed by atoms with Crippen LogP contribution < -0.4 is 11.1 Å². The van der Waals surface area contributed by atoms with Gasteiger partial charge in [-0.1, -0.05) is 5.16 Å². The Bertz CT molecular complexity index is 341. The highest BCUT2D eigenvalue weighted by atomic mass is 79.9. The van der Waals surface area contributed by atoms with Crippen molar-refractivity contribution in [2.24, 2.45) is 10.9 Å². The molecule has 1 rings (SSSR count). The van der Waals surface area contributed by atoms with E-state index in [-0.39, 0.29) is 0 Å². The molecule has 1 aromatic rings. The lowest BCUT2D eigenvalue weighted by atomic mass is 10.2.